The maximum atomic E-state index is 13.4. The van der Waals surface area contributed by atoms with Crippen molar-refractivity contribution in [1.29, 1.82) is 0 Å². The summed E-state index contributed by atoms with van der Waals surface area (Å²) in [5.41, 5.74) is 1.16. The van der Waals surface area contributed by atoms with Crippen LogP contribution in [0.2, 0.25) is 0 Å². The fourth-order valence-electron chi connectivity index (χ4n) is 4.52. The predicted octanol–water partition coefficient (Wildman–Crippen LogP) is 4.50. The smallest absolute Gasteiger partial charge is 0.425 e. The van der Waals surface area contributed by atoms with E-state index in [1.54, 1.807) is 20.8 Å². The number of rotatable bonds is 4. The summed E-state index contributed by atoms with van der Waals surface area (Å²) in [5.74, 6) is -1.40. The summed E-state index contributed by atoms with van der Waals surface area (Å²) < 4.78 is 6.66. The van der Waals surface area contributed by atoms with Crippen molar-refractivity contribution in [2.45, 2.75) is 38.5 Å². The van der Waals surface area contributed by atoms with E-state index in [0.29, 0.717) is 6.54 Å². The third kappa shape index (κ3) is 4.61. The van der Waals surface area contributed by atoms with Gasteiger partial charge in [-0.25, -0.2) is 14.8 Å². The third-order valence-corrected chi connectivity index (χ3v) is 6.93. The van der Waals surface area contributed by atoms with Crippen molar-refractivity contribution in [3.8, 4) is 0 Å². The molecule has 2 aromatic carbocycles. The quantitative estimate of drug-likeness (QED) is 0.398. The zero-order chi connectivity index (χ0) is 24.6. The van der Waals surface area contributed by atoms with Crippen molar-refractivity contribution >= 4 is 46.6 Å². The van der Waals surface area contributed by atoms with Gasteiger partial charge in [0.15, 0.2) is 0 Å². The van der Waals surface area contributed by atoms with Crippen LogP contribution < -0.4 is 0 Å². The summed E-state index contributed by atoms with van der Waals surface area (Å²) in [6.07, 6.45) is 3.26. The molecule has 0 unspecified atom stereocenters. The zero-order valence-corrected chi connectivity index (χ0v) is 21.8. The highest BCUT2D eigenvalue weighted by Gasteiger charge is 2.63. The van der Waals surface area contributed by atoms with Crippen LogP contribution in [0.15, 0.2) is 60.7 Å². The lowest BCUT2D eigenvalue weighted by atomic mass is 9.90. The maximum Gasteiger partial charge on any atom is 0.425 e. The molecule has 0 radical (unpaired) electrons. The third-order valence-electron chi connectivity index (χ3n) is 5.95. The number of fused-ring (bicyclic) bond motifs is 1. The van der Waals surface area contributed by atoms with E-state index in [2.05, 4.69) is 22.6 Å². The van der Waals surface area contributed by atoms with Crippen LogP contribution in [0.1, 0.15) is 37.9 Å². The van der Waals surface area contributed by atoms with Crippen molar-refractivity contribution in [3.05, 3.63) is 75.4 Å². The molecule has 2 aliphatic rings. The topological polar surface area (TPSA) is 70.2 Å². The maximum absolute atomic E-state index is 13.4. The fraction of sp³-hybridized carbons (Fsp3) is 0.346. The molecule has 34 heavy (non-hydrogen) atoms. The second kappa shape index (κ2) is 9.50. The minimum Gasteiger partial charge on any atom is -0.443 e. The van der Waals surface area contributed by atoms with Crippen LogP contribution in [0.25, 0.3) is 6.08 Å². The second-order valence-electron chi connectivity index (χ2n) is 9.43. The molecular formula is C26H28IN3O4. The molecule has 8 heteroatoms. The van der Waals surface area contributed by atoms with E-state index in [9.17, 15) is 14.4 Å². The van der Waals surface area contributed by atoms with Crippen molar-refractivity contribution in [1.82, 2.24) is 14.9 Å². The lowest BCUT2D eigenvalue weighted by molar-refractivity contribution is -0.143. The Hall–Kier alpha value is -2.72. The van der Waals surface area contributed by atoms with Crippen molar-refractivity contribution < 1.29 is 19.1 Å². The Balaban J connectivity index is 1.80. The van der Waals surface area contributed by atoms with Gasteiger partial charge >= 0.3 is 6.09 Å². The van der Waals surface area contributed by atoms with Gasteiger partial charge in [-0.15, -0.1) is 0 Å². The van der Waals surface area contributed by atoms with Crippen molar-refractivity contribution in [3.63, 3.8) is 0 Å². The average Bonchev–Trinajstić information content (AvgIpc) is 3.22. The number of hydrogen-bond donors (Lipinski definition) is 0. The van der Waals surface area contributed by atoms with Gasteiger partial charge in [0.25, 0.3) is 5.91 Å². The number of ether oxygens (including phenoxy) is 1. The van der Waals surface area contributed by atoms with Gasteiger partial charge in [-0.2, -0.15) is 0 Å². The first kappa shape index (κ1) is 24.4. The average molecular weight is 573 g/mol. The molecule has 4 rings (SSSR count). The van der Waals surface area contributed by atoms with Gasteiger partial charge in [-0.3, -0.25) is 14.5 Å². The molecule has 2 aliphatic heterocycles. The Morgan fingerprint density at radius 3 is 2.29 bits per heavy atom. The number of carbonyl (C=O) groups excluding carboxylic acids is 3. The molecule has 3 amide bonds. The van der Waals surface area contributed by atoms with E-state index in [0.717, 1.165) is 19.6 Å². The van der Waals surface area contributed by atoms with Gasteiger partial charge in [0, 0.05) is 17.2 Å². The Kier molecular flexibility index (Phi) is 6.82. The van der Waals surface area contributed by atoms with Crippen LogP contribution >= 0.6 is 22.6 Å². The zero-order valence-electron chi connectivity index (χ0n) is 19.6. The molecule has 178 valence electrons. The van der Waals surface area contributed by atoms with Crippen molar-refractivity contribution in [2.75, 3.05) is 13.6 Å². The minimum absolute atomic E-state index is 0.289. The van der Waals surface area contributed by atoms with E-state index < -0.39 is 35.6 Å². The molecule has 3 atom stereocenters. The number of carbonyl (C=O) groups is 3. The molecule has 7 nitrogen and oxygen atoms in total. The SMILES string of the molecule is CN1C(=O)[C@@H]2[C@@H](c3ccccc3I)N(C/C=C/c3ccccc3)N(C(=O)OC(C)(C)C)[C@@H]2C1=O. The highest BCUT2D eigenvalue weighted by molar-refractivity contribution is 14.1. The molecule has 0 spiro atoms. The number of hydrogen-bond acceptors (Lipinski definition) is 5. The molecule has 2 aromatic rings. The normalized spacial score (nSPS) is 23.1. The van der Waals surface area contributed by atoms with Gasteiger partial charge in [0.05, 0.1) is 12.0 Å². The van der Waals surface area contributed by atoms with E-state index in [1.165, 1.54) is 12.1 Å². The highest BCUT2D eigenvalue weighted by atomic mass is 127. The summed E-state index contributed by atoms with van der Waals surface area (Å²) in [6.45, 7) is 5.66. The van der Waals surface area contributed by atoms with Gasteiger partial charge < -0.3 is 4.74 Å². The van der Waals surface area contributed by atoms with Crippen molar-refractivity contribution in [2.24, 2.45) is 5.92 Å². The van der Waals surface area contributed by atoms with Crippen LogP contribution in [0.5, 0.6) is 0 Å². The highest BCUT2D eigenvalue weighted by Crippen LogP contribution is 2.47. The van der Waals surface area contributed by atoms with Crippen LogP contribution in [0.3, 0.4) is 0 Å². The first-order chi connectivity index (χ1) is 16.1. The standard InChI is InChI=1S/C26H28IN3O4/c1-26(2,3)34-25(33)30-22-20(23(31)28(4)24(22)32)21(18-14-8-9-15-19(18)27)29(30)16-10-13-17-11-6-5-7-12-17/h5-15,20-22H,16H2,1-4H3/b13-10+/t20-,21-,22+/m1/s1. The predicted molar refractivity (Wildman–Crippen MR) is 137 cm³/mol. The van der Waals surface area contributed by atoms with Crippen LogP contribution in [-0.2, 0) is 14.3 Å². The molecule has 0 N–H and O–H groups in total. The Morgan fingerprint density at radius 2 is 1.65 bits per heavy atom. The van der Waals surface area contributed by atoms with E-state index in [4.69, 9.17) is 4.74 Å². The van der Waals surface area contributed by atoms with E-state index >= 15 is 0 Å². The summed E-state index contributed by atoms with van der Waals surface area (Å²) in [4.78, 5) is 41.0. The number of likely N-dealkylation sites (N-methyl/N-ethyl adjacent to an activating group) is 1. The monoisotopic (exact) mass is 573 g/mol. The Labute approximate surface area is 213 Å². The van der Waals surface area contributed by atoms with E-state index in [1.807, 2.05) is 71.8 Å². The Bertz CT molecular complexity index is 1130. The molecule has 2 fully saturated rings. The second-order valence-corrected chi connectivity index (χ2v) is 10.6. The summed E-state index contributed by atoms with van der Waals surface area (Å²) >= 11 is 2.24. The van der Waals surface area contributed by atoms with Gasteiger partial charge in [0.1, 0.15) is 11.6 Å². The number of halogens is 1. The number of imide groups is 1. The Morgan fingerprint density at radius 1 is 1.00 bits per heavy atom. The van der Waals surface area contributed by atoms with Gasteiger partial charge in [0.2, 0.25) is 5.91 Å². The summed E-state index contributed by atoms with van der Waals surface area (Å²) in [6, 6.07) is 16.1. The van der Waals surface area contributed by atoms with Crippen LogP contribution in [0, 0.1) is 9.49 Å². The molecule has 0 aliphatic carbocycles. The van der Waals surface area contributed by atoms with Gasteiger partial charge in [-0.05, 0) is 60.6 Å². The number of benzene rings is 2. The van der Waals surface area contributed by atoms with Gasteiger partial charge in [-0.1, -0.05) is 60.7 Å². The molecule has 0 aromatic heterocycles. The summed E-state index contributed by atoms with van der Waals surface area (Å²) in [7, 11) is 1.48. The number of amides is 3. The number of nitrogens with zero attached hydrogens (tertiary/aromatic N) is 3. The van der Waals surface area contributed by atoms with E-state index in [-0.39, 0.29) is 5.91 Å². The first-order valence-corrected chi connectivity index (χ1v) is 12.2. The number of likely N-dealkylation sites (tertiary alicyclic amines) is 1. The fourth-order valence-corrected chi connectivity index (χ4v) is 5.23. The lowest BCUT2D eigenvalue weighted by Gasteiger charge is -2.35. The summed E-state index contributed by atoms with van der Waals surface area (Å²) in [5, 5.41) is 3.17. The molecule has 2 saturated heterocycles. The number of hydrazine groups is 1. The molecule has 0 saturated carbocycles. The minimum atomic E-state index is -0.946. The van der Waals surface area contributed by atoms with Crippen LogP contribution in [-0.4, -0.2) is 58.1 Å². The van der Waals surface area contributed by atoms with Crippen LogP contribution in [0.4, 0.5) is 4.79 Å². The molecule has 2 heterocycles. The first-order valence-electron chi connectivity index (χ1n) is 11.2. The molecular weight excluding hydrogens is 545 g/mol. The largest absolute Gasteiger partial charge is 0.443 e. The molecule has 0 bridgehead atoms. The lowest BCUT2D eigenvalue weighted by Crippen LogP contribution is -2.51.